The van der Waals surface area contributed by atoms with E-state index in [1.807, 2.05) is 12.1 Å². The van der Waals surface area contributed by atoms with E-state index >= 15 is 0 Å². The lowest BCUT2D eigenvalue weighted by Crippen LogP contribution is -1.95. The molecule has 0 bridgehead atoms. The molecule has 0 unspecified atom stereocenters. The minimum atomic E-state index is -0.385. The normalized spacial score (nSPS) is 11.4. The van der Waals surface area contributed by atoms with Gasteiger partial charge in [-0.1, -0.05) is 0 Å². The minimum Gasteiger partial charge on any atom is -0.423 e. The first kappa shape index (κ1) is 11.0. The Morgan fingerprint density at radius 2 is 1.00 bits per heavy atom. The van der Waals surface area contributed by atoms with Gasteiger partial charge in [-0.25, -0.2) is 9.59 Å². The van der Waals surface area contributed by atoms with Crippen molar-refractivity contribution in [2.24, 2.45) is 0 Å². The van der Waals surface area contributed by atoms with Crippen molar-refractivity contribution in [2.45, 2.75) is 0 Å². The van der Waals surface area contributed by atoms with E-state index in [1.165, 1.54) is 12.1 Å². The molecular formula is C16H8O4. The zero-order valence-electron chi connectivity index (χ0n) is 10.3. The van der Waals surface area contributed by atoms with Crippen molar-refractivity contribution in [1.82, 2.24) is 0 Å². The molecule has 4 heteroatoms. The van der Waals surface area contributed by atoms with Gasteiger partial charge in [-0.3, -0.25) is 0 Å². The molecule has 4 rings (SSSR count). The standard InChI is InChI=1S/C16H8O4/c17-15-3-1-9-5-11-6-10-2-4-16(18)20-14(10)8-12(11)7-13(9)19-15/h1-8H. The molecule has 0 aliphatic rings. The topological polar surface area (TPSA) is 60.4 Å². The highest BCUT2D eigenvalue weighted by atomic mass is 16.4. The number of hydrogen-bond acceptors (Lipinski definition) is 4. The monoisotopic (exact) mass is 264 g/mol. The van der Waals surface area contributed by atoms with E-state index in [0.29, 0.717) is 11.2 Å². The second kappa shape index (κ2) is 3.81. The van der Waals surface area contributed by atoms with E-state index in [2.05, 4.69) is 0 Å². The van der Waals surface area contributed by atoms with Crippen molar-refractivity contribution in [3.05, 3.63) is 69.4 Å². The number of rotatable bonds is 0. The minimum absolute atomic E-state index is 0.385. The van der Waals surface area contributed by atoms with Crippen LogP contribution in [0.1, 0.15) is 0 Å². The van der Waals surface area contributed by atoms with Crippen molar-refractivity contribution in [3.63, 3.8) is 0 Å². The molecule has 0 saturated carbocycles. The van der Waals surface area contributed by atoms with E-state index in [4.69, 9.17) is 8.83 Å². The summed E-state index contributed by atoms with van der Waals surface area (Å²) in [6.45, 7) is 0. The molecule has 2 aromatic carbocycles. The second-order valence-corrected chi connectivity index (χ2v) is 4.64. The molecule has 2 aromatic heterocycles. The first-order valence-corrected chi connectivity index (χ1v) is 6.11. The van der Waals surface area contributed by atoms with Gasteiger partial charge in [-0.05, 0) is 47.2 Å². The van der Waals surface area contributed by atoms with E-state index in [1.54, 1.807) is 24.3 Å². The summed E-state index contributed by atoms with van der Waals surface area (Å²) in [4.78, 5) is 22.5. The van der Waals surface area contributed by atoms with Crippen LogP contribution in [0.25, 0.3) is 32.7 Å². The highest BCUT2D eigenvalue weighted by Gasteiger charge is 2.04. The van der Waals surface area contributed by atoms with Crippen molar-refractivity contribution < 1.29 is 8.83 Å². The van der Waals surface area contributed by atoms with Crippen LogP contribution in [-0.2, 0) is 0 Å². The maximum atomic E-state index is 11.3. The van der Waals surface area contributed by atoms with Crippen molar-refractivity contribution >= 4 is 32.7 Å². The molecule has 4 aromatic rings. The average molecular weight is 264 g/mol. The molecule has 0 aliphatic carbocycles. The number of hydrogen-bond donors (Lipinski definition) is 0. The van der Waals surface area contributed by atoms with Crippen LogP contribution in [0.3, 0.4) is 0 Å². The van der Waals surface area contributed by atoms with Crippen molar-refractivity contribution in [2.75, 3.05) is 0 Å². The summed E-state index contributed by atoms with van der Waals surface area (Å²) < 4.78 is 10.3. The molecule has 0 radical (unpaired) electrons. The lowest BCUT2D eigenvalue weighted by atomic mass is 10.1. The average Bonchev–Trinajstić information content (AvgIpc) is 2.43. The molecule has 0 atom stereocenters. The maximum absolute atomic E-state index is 11.3. The Hall–Kier alpha value is -2.88. The molecule has 4 nitrogen and oxygen atoms in total. The van der Waals surface area contributed by atoms with Crippen molar-refractivity contribution in [3.8, 4) is 0 Å². The van der Waals surface area contributed by atoms with Crippen LogP contribution in [0, 0.1) is 0 Å². The van der Waals surface area contributed by atoms with Gasteiger partial charge in [0, 0.05) is 22.9 Å². The first-order valence-electron chi connectivity index (χ1n) is 6.11. The van der Waals surface area contributed by atoms with Crippen LogP contribution in [0.5, 0.6) is 0 Å². The number of benzene rings is 2. The van der Waals surface area contributed by atoms with Crippen LogP contribution in [-0.4, -0.2) is 0 Å². The highest BCUT2D eigenvalue weighted by molar-refractivity contribution is 6.01. The van der Waals surface area contributed by atoms with Gasteiger partial charge >= 0.3 is 11.3 Å². The van der Waals surface area contributed by atoms with Crippen LogP contribution in [0.4, 0.5) is 0 Å². The van der Waals surface area contributed by atoms with Crippen LogP contribution in [0.2, 0.25) is 0 Å². The molecule has 0 N–H and O–H groups in total. The van der Waals surface area contributed by atoms with Gasteiger partial charge in [0.25, 0.3) is 0 Å². The summed E-state index contributed by atoms with van der Waals surface area (Å²) in [5.74, 6) is 0. The van der Waals surface area contributed by atoms with Gasteiger partial charge in [-0.2, -0.15) is 0 Å². The fourth-order valence-corrected chi connectivity index (χ4v) is 2.38. The summed E-state index contributed by atoms with van der Waals surface area (Å²) >= 11 is 0. The SMILES string of the molecule is O=c1ccc2cc3cc4ccc(=O)oc4cc3cc2o1. The fraction of sp³-hybridized carbons (Fsp3) is 0. The highest BCUT2D eigenvalue weighted by Crippen LogP contribution is 2.26. The molecule has 96 valence electrons. The smallest absolute Gasteiger partial charge is 0.336 e. The van der Waals surface area contributed by atoms with Gasteiger partial charge < -0.3 is 8.83 Å². The quantitative estimate of drug-likeness (QED) is 0.362. The fourth-order valence-electron chi connectivity index (χ4n) is 2.38. The maximum Gasteiger partial charge on any atom is 0.336 e. The van der Waals surface area contributed by atoms with Gasteiger partial charge in [0.05, 0.1) is 0 Å². The molecule has 0 fully saturated rings. The molecule has 0 amide bonds. The summed E-state index contributed by atoms with van der Waals surface area (Å²) in [5, 5.41) is 3.56. The summed E-state index contributed by atoms with van der Waals surface area (Å²) in [6.07, 6.45) is 0. The lowest BCUT2D eigenvalue weighted by molar-refractivity contribution is 0.561. The Kier molecular flexibility index (Phi) is 2.09. The van der Waals surface area contributed by atoms with Crippen LogP contribution >= 0.6 is 0 Å². The van der Waals surface area contributed by atoms with E-state index < -0.39 is 0 Å². The lowest BCUT2D eigenvalue weighted by Gasteiger charge is -2.03. The molecule has 2 heterocycles. The Morgan fingerprint density at radius 1 is 0.550 bits per heavy atom. The van der Waals surface area contributed by atoms with E-state index in [9.17, 15) is 9.59 Å². The molecule has 20 heavy (non-hydrogen) atoms. The Labute approximate surface area is 111 Å². The third kappa shape index (κ3) is 1.62. The Bertz CT molecular complexity index is 1000. The summed E-state index contributed by atoms with van der Waals surface area (Å²) in [6, 6.07) is 13.7. The van der Waals surface area contributed by atoms with Gasteiger partial charge in [0.1, 0.15) is 11.2 Å². The van der Waals surface area contributed by atoms with Crippen LogP contribution in [0.15, 0.2) is 67.0 Å². The third-order valence-electron chi connectivity index (χ3n) is 3.32. The van der Waals surface area contributed by atoms with Gasteiger partial charge in [0.15, 0.2) is 0 Å². The Morgan fingerprint density at radius 3 is 1.50 bits per heavy atom. The summed E-state index contributed by atoms with van der Waals surface area (Å²) in [5.41, 5.74) is 0.263. The van der Waals surface area contributed by atoms with Crippen LogP contribution < -0.4 is 11.3 Å². The zero-order chi connectivity index (χ0) is 13.7. The molecule has 0 spiro atoms. The largest absolute Gasteiger partial charge is 0.423 e. The van der Waals surface area contributed by atoms with Gasteiger partial charge in [0.2, 0.25) is 0 Å². The molecule has 0 saturated heterocycles. The molecule has 0 aliphatic heterocycles. The van der Waals surface area contributed by atoms with Crippen molar-refractivity contribution in [1.29, 1.82) is 0 Å². The zero-order valence-corrected chi connectivity index (χ0v) is 10.3. The number of fused-ring (bicyclic) bond motifs is 3. The predicted molar refractivity (Wildman–Crippen MR) is 76.0 cm³/mol. The van der Waals surface area contributed by atoms with E-state index in [0.717, 1.165) is 21.5 Å². The first-order chi connectivity index (χ1) is 9.69. The third-order valence-corrected chi connectivity index (χ3v) is 3.32. The predicted octanol–water partition coefficient (Wildman–Crippen LogP) is 3.05. The van der Waals surface area contributed by atoms with E-state index in [-0.39, 0.29) is 11.3 Å². The molecular weight excluding hydrogens is 256 g/mol. The van der Waals surface area contributed by atoms with Gasteiger partial charge in [-0.15, -0.1) is 0 Å². The summed E-state index contributed by atoms with van der Waals surface area (Å²) in [7, 11) is 0. The second-order valence-electron chi connectivity index (χ2n) is 4.64. The Balaban J connectivity index is 2.18.